The third-order valence-electron chi connectivity index (χ3n) is 2.74. The van der Waals surface area contributed by atoms with E-state index < -0.39 is 0 Å². The third-order valence-corrected chi connectivity index (χ3v) is 2.74. The Hall–Kier alpha value is -0.300. The highest BCUT2D eigenvalue weighted by Gasteiger charge is 2.21. The van der Waals surface area contributed by atoms with Crippen LogP contribution in [0.25, 0.3) is 0 Å². The topological polar surface area (TPSA) is 12.0 Å². The third kappa shape index (κ3) is 6.20. The van der Waals surface area contributed by atoms with Crippen molar-refractivity contribution in [3.05, 3.63) is 12.2 Å². The molecule has 0 aliphatic heterocycles. The van der Waals surface area contributed by atoms with Gasteiger partial charge in [-0.25, -0.2) is 0 Å². The van der Waals surface area contributed by atoms with Gasteiger partial charge in [-0.3, -0.25) is 0 Å². The lowest BCUT2D eigenvalue weighted by Gasteiger charge is -2.30. The second-order valence-corrected chi connectivity index (χ2v) is 5.41. The minimum atomic E-state index is 0.373. The molecular formula is C13H27N. The Balaban J connectivity index is 3.69. The fourth-order valence-corrected chi connectivity index (χ4v) is 1.79. The number of allylic oxidation sites excluding steroid dienone is 1. The Bertz CT molecular complexity index is 165. The van der Waals surface area contributed by atoms with Crippen LogP contribution < -0.4 is 5.32 Å². The standard InChI is InChI=1S/C13H27N/c1-11(2)9-7-8-10-12(14-6)13(3,4)5/h12,14H,1,7-10H2,2-6H3. The predicted octanol–water partition coefficient (Wildman–Crippen LogP) is 3.76. The van der Waals surface area contributed by atoms with Gasteiger partial charge in [-0.1, -0.05) is 32.8 Å². The molecule has 0 radical (unpaired) electrons. The largest absolute Gasteiger partial charge is 0.316 e. The molecule has 1 atom stereocenters. The van der Waals surface area contributed by atoms with Crippen LogP contribution in [0.15, 0.2) is 12.2 Å². The van der Waals surface area contributed by atoms with E-state index in [-0.39, 0.29) is 0 Å². The van der Waals surface area contributed by atoms with Gasteiger partial charge >= 0.3 is 0 Å². The van der Waals surface area contributed by atoms with Crippen molar-refractivity contribution >= 4 is 0 Å². The summed E-state index contributed by atoms with van der Waals surface area (Å²) in [5.74, 6) is 0. The molecule has 84 valence electrons. The summed E-state index contributed by atoms with van der Waals surface area (Å²) in [5.41, 5.74) is 1.68. The molecule has 0 saturated heterocycles. The molecular weight excluding hydrogens is 170 g/mol. The lowest BCUT2D eigenvalue weighted by Crippen LogP contribution is -2.37. The van der Waals surface area contributed by atoms with Crippen LogP contribution >= 0.6 is 0 Å². The molecule has 0 saturated carbocycles. The summed E-state index contributed by atoms with van der Waals surface area (Å²) >= 11 is 0. The van der Waals surface area contributed by atoms with Crippen LogP contribution in [0, 0.1) is 5.41 Å². The second kappa shape index (κ2) is 6.23. The molecule has 1 N–H and O–H groups in total. The van der Waals surface area contributed by atoms with E-state index in [2.05, 4.69) is 46.6 Å². The molecule has 1 unspecified atom stereocenters. The van der Waals surface area contributed by atoms with Crippen molar-refractivity contribution in [3.63, 3.8) is 0 Å². The molecule has 0 bridgehead atoms. The summed E-state index contributed by atoms with van der Waals surface area (Å²) in [7, 11) is 2.06. The average molecular weight is 197 g/mol. The van der Waals surface area contributed by atoms with Crippen molar-refractivity contribution in [2.24, 2.45) is 5.41 Å². The van der Waals surface area contributed by atoms with Gasteiger partial charge in [0.05, 0.1) is 0 Å². The Kier molecular flexibility index (Phi) is 6.10. The van der Waals surface area contributed by atoms with Crippen molar-refractivity contribution in [3.8, 4) is 0 Å². The van der Waals surface area contributed by atoms with Gasteiger partial charge in [0, 0.05) is 6.04 Å². The van der Waals surface area contributed by atoms with Crippen LogP contribution in [0.5, 0.6) is 0 Å². The Morgan fingerprint density at radius 3 is 2.21 bits per heavy atom. The summed E-state index contributed by atoms with van der Waals surface area (Å²) < 4.78 is 0. The number of nitrogens with one attached hydrogen (secondary N) is 1. The fraction of sp³-hybridized carbons (Fsp3) is 0.846. The number of hydrogen-bond donors (Lipinski definition) is 1. The second-order valence-electron chi connectivity index (χ2n) is 5.41. The van der Waals surface area contributed by atoms with Crippen LogP contribution in [-0.2, 0) is 0 Å². The molecule has 0 aromatic carbocycles. The first-order valence-corrected chi connectivity index (χ1v) is 5.69. The maximum Gasteiger partial charge on any atom is 0.0113 e. The fourth-order valence-electron chi connectivity index (χ4n) is 1.79. The van der Waals surface area contributed by atoms with Crippen LogP contribution in [0.2, 0.25) is 0 Å². The van der Waals surface area contributed by atoms with Gasteiger partial charge in [-0.05, 0) is 38.6 Å². The van der Waals surface area contributed by atoms with Gasteiger partial charge < -0.3 is 5.32 Å². The van der Waals surface area contributed by atoms with Gasteiger partial charge in [0.1, 0.15) is 0 Å². The van der Waals surface area contributed by atoms with Crippen molar-refractivity contribution in [1.82, 2.24) is 5.32 Å². The van der Waals surface area contributed by atoms with Crippen LogP contribution in [-0.4, -0.2) is 13.1 Å². The SMILES string of the molecule is C=C(C)CCCCC(NC)C(C)(C)C. The quantitative estimate of drug-likeness (QED) is 0.505. The van der Waals surface area contributed by atoms with E-state index >= 15 is 0 Å². The maximum absolute atomic E-state index is 3.93. The van der Waals surface area contributed by atoms with Gasteiger partial charge in [-0.2, -0.15) is 0 Å². The summed E-state index contributed by atoms with van der Waals surface area (Å²) in [6, 6.07) is 0.632. The molecule has 0 spiro atoms. The van der Waals surface area contributed by atoms with Crippen LogP contribution in [0.1, 0.15) is 53.4 Å². The highest BCUT2D eigenvalue weighted by Crippen LogP contribution is 2.23. The molecule has 0 rings (SSSR count). The molecule has 0 aliphatic rings. The van der Waals surface area contributed by atoms with Gasteiger partial charge in [0.2, 0.25) is 0 Å². The van der Waals surface area contributed by atoms with Gasteiger partial charge in [0.25, 0.3) is 0 Å². The predicted molar refractivity (Wildman–Crippen MR) is 65.6 cm³/mol. The highest BCUT2D eigenvalue weighted by atomic mass is 14.9. The molecule has 0 aromatic heterocycles. The Morgan fingerprint density at radius 2 is 1.86 bits per heavy atom. The molecule has 0 aromatic rings. The van der Waals surface area contributed by atoms with Crippen LogP contribution in [0.3, 0.4) is 0 Å². The first kappa shape index (κ1) is 13.7. The highest BCUT2D eigenvalue weighted by molar-refractivity contribution is 4.87. The number of rotatable bonds is 6. The monoisotopic (exact) mass is 197 g/mol. The Labute approximate surface area is 90.0 Å². The van der Waals surface area contributed by atoms with E-state index in [4.69, 9.17) is 0 Å². The summed E-state index contributed by atoms with van der Waals surface area (Å²) in [6.07, 6.45) is 5.03. The van der Waals surface area contributed by atoms with E-state index in [1.165, 1.54) is 31.3 Å². The summed E-state index contributed by atoms with van der Waals surface area (Å²) in [6.45, 7) is 12.9. The molecule has 14 heavy (non-hydrogen) atoms. The summed E-state index contributed by atoms with van der Waals surface area (Å²) in [5, 5.41) is 3.41. The lowest BCUT2D eigenvalue weighted by atomic mass is 9.83. The normalized spacial score (nSPS) is 14.1. The zero-order valence-corrected chi connectivity index (χ0v) is 10.6. The Morgan fingerprint density at radius 1 is 1.29 bits per heavy atom. The minimum absolute atomic E-state index is 0.373. The van der Waals surface area contributed by atoms with Crippen molar-refractivity contribution in [2.45, 2.75) is 59.4 Å². The zero-order chi connectivity index (χ0) is 11.2. The maximum atomic E-state index is 3.93. The smallest absolute Gasteiger partial charge is 0.0113 e. The van der Waals surface area contributed by atoms with E-state index in [1.54, 1.807) is 0 Å². The van der Waals surface area contributed by atoms with Crippen molar-refractivity contribution in [2.75, 3.05) is 7.05 Å². The molecule has 0 heterocycles. The molecule has 0 amide bonds. The molecule has 1 nitrogen and oxygen atoms in total. The first-order valence-electron chi connectivity index (χ1n) is 5.69. The van der Waals surface area contributed by atoms with Gasteiger partial charge in [0.15, 0.2) is 0 Å². The first-order chi connectivity index (χ1) is 6.38. The van der Waals surface area contributed by atoms with E-state index in [9.17, 15) is 0 Å². The van der Waals surface area contributed by atoms with Crippen molar-refractivity contribution < 1.29 is 0 Å². The van der Waals surface area contributed by atoms with E-state index in [0.29, 0.717) is 11.5 Å². The molecule has 1 heteroatoms. The lowest BCUT2D eigenvalue weighted by molar-refractivity contribution is 0.262. The van der Waals surface area contributed by atoms with E-state index in [0.717, 1.165) is 0 Å². The zero-order valence-electron chi connectivity index (χ0n) is 10.6. The minimum Gasteiger partial charge on any atom is -0.316 e. The number of hydrogen-bond acceptors (Lipinski definition) is 1. The average Bonchev–Trinajstić information content (AvgIpc) is 2.01. The van der Waals surface area contributed by atoms with E-state index in [1.807, 2.05) is 0 Å². The molecule has 0 aliphatic carbocycles. The molecule has 0 fully saturated rings. The van der Waals surface area contributed by atoms with Crippen LogP contribution in [0.4, 0.5) is 0 Å². The number of unbranched alkanes of at least 4 members (excludes halogenated alkanes) is 1. The van der Waals surface area contributed by atoms with Crippen molar-refractivity contribution in [1.29, 1.82) is 0 Å². The summed E-state index contributed by atoms with van der Waals surface area (Å²) in [4.78, 5) is 0. The van der Waals surface area contributed by atoms with Gasteiger partial charge in [-0.15, -0.1) is 6.58 Å².